The Hall–Kier alpha value is -1.02. The van der Waals surface area contributed by atoms with Gasteiger partial charge < -0.3 is 10.6 Å². The Morgan fingerprint density at radius 2 is 1.94 bits per heavy atom. The van der Waals surface area contributed by atoms with Crippen LogP contribution in [-0.4, -0.2) is 19.6 Å². The third-order valence-corrected chi connectivity index (χ3v) is 4.01. The fraction of sp³-hybridized carbons (Fsp3) is 0.600. The van der Waals surface area contributed by atoms with Gasteiger partial charge in [-0.05, 0) is 42.9 Å². The molecule has 0 aliphatic heterocycles. The van der Waals surface area contributed by atoms with E-state index >= 15 is 0 Å². The van der Waals surface area contributed by atoms with Crippen LogP contribution in [-0.2, 0) is 6.42 Å². The fourth-order valence-corrected chi connectivity index (χ4v) is 2.74. The third-order valence-electron chi connectivity index (χ3n) is 4.01. The molecule has 1 fully saturated rings. The van der Waals surface area contributed by atoms with Crippen LogP contribution in [0.15, 0.2) is 24.3 Å². The summed E-state index contributed by atoms with van der Waals surface area (Å²) in [6.45, 7) is 3.28. The van der Waals surface area contributed by atoms with Crippen molar-refractivity contribution in [2.24, 2.45) is 11.7 Å². The first-order valence-electron chi connectivity index (χ1n) is 6.76. The van der Waals surface area contributed by atoms with Crippen molar-refractivity contribution in [3.8, 4) is 0 Å². The van der Waals surface area contributed by atoms with Gasteiger partial charge in [0.05, 0.1) is 0 Å². The highest BCUT2D eigenvalue weighted by atomic mass is 15.1. The smallest absolute Gasteiger partial charge is 0.0363 e. The van der Waals surface area contributed by atoms with Gasteiger partial charge in [-0.25, -0.2) is 0 Å². The maximum Gasteiger partial charge on any atom is 0.0363 e. The first-order chi connectivity index (χ1) is 8.20. The van der Waals surface area contributed by atoms with Crippen LogP contribution < -0.4 is 10.6 Å². The van der Waals surface area contributed by atoms with Gasteiger partial charge in [0, 0.05) is 25.3 Å². The number of aryl methyl sites for hydroxylation is 1. The third kappa shape index (κ3) is 3.01. The van der Waals surface area contributed by atoms with Crippen LogP contribution in [0.3, 0.4) is 0 Å². The van der Waals surface area contributed by atoms with E-state index in [1.807, 2.05) is 0 Å². The van der Waals surface area contributed by atoms with Crippen molar-refractivity contribution < 1.29 is 0 Å². The van der Waals surface area contributed by atoms with Crippen molar-refractivity contribution >= 4 is 5.69 Å². The molecule has 1 aliphatic rings. The Bertz CT molecular complexity index is 344. The first kappa shape index (κ1) is 12.4. The van der Waals surface area contributed by atoms with E-state index in [1.54, 1.807) is 0 Å². The van der Waals surface area contributed by atoms with Gasteiger partial charge >= 0.3 is 0 Å². The maximum atomic E-state index is 6.12. The summed E-state index contributed by atoms with van der Waals surface area (Å²) in [4.78, 5) is 2.34. The van der Waals surface area contributed by atoms with Crippen molar-refractivity contribution in [1.29, 1.82) is 0 Å². The summed E-state index contributed by atoms with van der Waals surface area (Å²) >= 11 is 0. The molecule has 2 unspecified atom stereocenters. The van der Waals surface area contributed by atoms with Crippen LogP contribution >= 0.6 is 0 Å². The molecule has 1 aromatic rings. The predicted molar refractivity (Wildman–Crippen MR) is 74.4 cm³/mol. The second-order valence-electron chi connectivity index (χ2n) is 5.26. The average molecular weight is 232 g/mol. The molecule has 2 nitrogen and oxygen atoms in total. The van der Waals surface area contributed by atoms with Crippen molar-refractivity contribution in [3.05, 3.63) is 29.8 Å². The second kappa shape index (κ2) is 5.54. The summed E-state index contributed by atoms with van der Waals surface area (Å²) in [5.74, 6) is 0.672. The van der Waals surface area contributed by atoms with Crippen LogP contribution in [0, 0.1) is 5.92 Å². The van der Waals surface area contributed by atoms with E-state index in [1.165, 1.54) is 30.5 Å². The van der Waals surface area contributed by atoms with Crippen LogP contribution in [0.25, 0.3) is 0 Å². The van der Waals surface area contributed by atoms with Crippen molar-refractivity contribution in [1.82, 2.24) is 0 Å². The summed E-state index contributed by atoms with van der Waals surface area (Å²) in [5, 5.41) is 0. The summed E-state index contributed by atoms with van der Waals surface area (Å²) in [6.07, 6.45) is 4.90. The molecule has 0 bridgehead atoms. The molecule has 2 heteroatoms. The van der Waals surface area contributed by atoms with E-state index in [0.29, 0.717) is 12.0 Å². The molecular weight excluding hydrogens is 208 g/mol. The topological polar surface area (TPSA) is 29.3 Å². The van der Waals surface area contributed by atoms with Gasteiger partial charge in [-0.1, -0.05) is 25.5 Å². The highest BCUT2D eigenvalue weighted by molar-refractivity contribution is 5.47. The molecule has 1 aromatic carbocycles. The van der Waals surface area contributed by atoms with Crippen molar-refractivity contribution in [2.75, 3.05) is 18.5 Å². The first-order valence-corrected chi connectivity index (χ1v) is 6.76. The Morgan fingerprint density at radius 1 is 1.24 bits per heavy atom. The average Bonchev–Trinajstić information content (AvgIpc) is 2.75. The lowest BCUT2D eigenvalue weighted by molar-refractivity contribution is 0.482. The normalized spacial score (nSPS) is 23.9. The lowest BCUT2D eigenvalue weighted by atomic mass is 10.0. The molecule has 1 saturated carbocycles. The Kier molecular flexibility index (Phi) is 4.06. The number of nitrogens with two attached hydrogens (primary N) is 1. The molecule has 2 rings (SSSR count). The standard InChI is InChI=1S/C15H24N2/c1-3-12-7-9-14(10-8-12)17(2)11-13-5-4-6-15(13)16/h7-10,13,15H,3-6,11,16H2,1-2H3. The summed E-state index contributed by atoms with van der Waals surface area (Å²) in [7, 11) is 2.17. The van der Waals surface area contributed by atoms with E-state index in [0.717, 1.165) is 13.0 Å². The maximum absolute atomic E-state index is 6.12. The summed E-state index contributed by atoms with van der Waals surface area (Å²) in [5.41, 5.74) is 8.83. The number of rotatable bonds is 4. The highest BCUT2D eigenvalue weighted by Gasteiger charge is 2.24. The number of hydrogen-bond acceptors (Lipinski definition) is 2. The van der Waals surface area contributed by atoms with Gasteiger partial charge in [0.1, 0.15) is 0 Å². The van der Waals surface area contributed by atoms with Crippen LogP contribution in [0.2, 0.25) is 0 Å². The Labute approximate surface area is 105 Å². The van der Waals surface area contributed by atoms with Crippen LogP contribution in [0.1, 0.15) is 31.7 Å². The van der Waals surface area contributed by atoms with Crippen LogP contribution in [0.4, 0.5) is 5.69 Å². The lowest BCUT2D eigenvalue weighted by Gasteiger charge is -2.25. The van der Waals surface area contributed by atoms with E-state index in [2.05, 4.69) is 43.1 Å². The van der Waals surface area contributed by atoms with Crippen molar-refractivity contribution in [3.63, 3.8) is 0 Å². The minimum atomic E-state index is 0.410. The number of nitrogens with zero attached hydrogens (tertiary/aromatic N) is 1. The van der Waals surface area contributed by atoms with E-state index < -0.39 is 0 Å². The molecule has 0 saturated heterocycles. The molecule has 0 amide bonds. The summed E-state index contributed by atoms with van der Waals surface area (Å²) in [6, 6.07) is 9.30. The molecule has 0 spiro atoms. The monoisotopic (exact) mass is 232 g/mol. The van der Waals surface area contributed by atoms with Gasteiger partial charge in [-0.3, -0.25) is 0 Å². The zero-order valence-electron chi connectivity index (χ0n) is 11.0. The molecule has 2 atom stereocenters. The highest BCUT2D eigenvalue weighted by Crippen LogP contribution is 2.26. The van der Waals surface area contributed by atoms with E-state index in [9.17, 15) is 0 Å². The summed E-state index contributed by atoms with van der Waals surface area (Å²) < 4.78 is 0. The zero-order chi connectivity index (χ0) is 12.3. The molecule has 0 aromatic heterocycles. The molecule has 1 aliphatic carbocycles. The Morgan fingerprint density at radius 3 is 2.47 bits per heavy atom. The Balaban J connectivity index is 1.96. The van der Waals surface area contributed by atoms with Gasteiger partial charge in [0.15, 0.2) is 0 Å². The SMILES string of the molecule is CCc1ccc(N(C)CC2CCCC2N)cc1. The van der Waals surface area contributed by atoms with Gasteiger partial charge in [0.25, 0.3) is 0 Å². The second-order valence-corrected chi connectivity index (χ2v) is 5.26. The van der Waals surface area contributed by atoms with E-state index in [4.69, 9.17) is 5.73 Å². The van der Waals surface area contributed by atoms with Crippen LogP contribution in [0.5, 0.6) is 0 Å². The molecule has 0 heterocycles. The number of anilines is 1. The predicted octanol–water partition coefficient (Wildman–Crippen LogP) is 2.81. The minimum absolute atomic E-state index is 0.410. The van der Waals surface area contributed by atoms with E-state index in [-0.39, 0.29) is 0 Å². The van der Waals surface area contributed by atoms with Crippen molar-refractivity contribution in [2.45, 2.75) is 38.6 Å². The molecule has 17 heavy (non-hydrogen) atoms. The minimum Gasteiger partial charge on any atom is -0.374 e. The molecule has 0 radical (unpaired) electrons. The largest absolute Gasteiger partial charge is 0.374 e. The molecular formula is C15H24N2. The van der Waals surface area contributed by atoms with Gasteiger partial charge in [-0.15, -0.1) is 0 Å². The fourth-order valence-electron chi connectivity index (χ4n) is 2.74. The molecule has 2 N–H and O–H groups in total. The number of hydrogen-bond donors (Lipinski definition) is 1. The quantitative estimate of drug-likeness (QED) is 0.865. The number of benzene rings is 1. The lowest BCUT2D eigenvalue weighted by Crippen LogP contribution is -2.34. The van der Waals surface area contributed by atoms with Gasteiger partial charge in [-0.2, -0.15) is 0 Å². The van der Waals surface area contributed by atoms with Gasteiger partial charge in [0.2, 0.25) is 0 Å². The molecule has 94 valence electrons. The zero-order valence-corrected chi connectivity index (χ0v) is 11.0.